The summed E-state index contributed by atoms with van der Waals surface area (Å²) in [5.74, 6) is -1.03. The first-order chi connectivity index (χ1) is 12.5. The van der Waals surface area contributed by atoms with Crippen molar-refractivity contribution >= 4 is 22.6 Å². The quantitative estimate of drug-likeness (QED) is 0.845. The Bertz CT molecular complexity index is 884. The zero-order valence-corrected chi connectivity index (χ0v) is 15.0. The summed E-state index contributed by atoms with van der Waals surface area (Å²) < 4.78 is 6.42. The summed E-state index contributed by atoms with van der Waals surface area (Å²) >= 11 is 0. The summed E-state index contributed by atoms with van der Waals surface area (Å²) in [5, 5.41) is 7.77. The summed E-state index contributed by atoms with van der Waals surface area (Å²) in [6.07, 6.45) is 4.39. The van der Waals surface area contributed by atoms with Crippen molar-refractivity contribution in [1.29, 1.82) is 0 Å². The SMILES string of the molecule is CC(OC(=O)c1nn(C)c(=O)c2ccccc12)C(=O)NC1CCCCC1. The number of carbonyl (C=O) groups is 2. The molecule has 26 heavy (non-hydrogen) atoms. The maximum atomic E-state index is 12.5. The van der Waals surface area contributed by atoms with Gasteiger partial charge in [-0.3, -0.25) is 9.59 Å². The van der Waals surface area contributed by atoms with Crippen molar-refractivity contribution in [2.75, 3.05) is 0 Å². The molecule has 0 radical (unpaired) electrons. The van der Waals surface area contributed by atoms with Crippen LogP contribution in [-0.4, -0.2) is 33.8 Å². The van der Waals surface area contributed by atoms with Crippen molar-refractivity contribution in [2.45, 2.75) is 51.2 Å². The Morgan fingerprint density at radius 3 is 2.54 bits per heavy atom. The van der Waals surface area contributed by atoms with Crippen LogP contribution in [0.2, 0.25) is 0 Å². The average molecular weight is 357 g/mol. The molecule has 1 heterocycles. The van der Waals surface area contributed by atoms with Gasteiger partial charge in [-0.1, -0.05) is 37.5 Å². The van der Waals surface area contributed by atoms with Crippen LogP contribution in [-0.2, 0) is 16.6 Å². The van der Waals surface area contributed by atoms with Crippen molar-refractivity contribution in [2.24, 2.45) is 7.05 Å². The molecule has 1 aliphatic carbocycles. The summed E-state index contributed by atoms with van der Waals surface area (Å²) in [6.45, 7) is 1.54. The lowest BCUT2D eigenvalue weighted by Crippen LogP contribution is -2.43. The predicted molar refractivity (Wildman–Crippen MR) is 96.9 cm³/mol. The fourth-order valence-electron chi connectivity index (χ4n) is 3.29. The van der Waals surface area contributed by atoms with E-state index < -0.39 is 12.1 Å². The predicted octanol–water partition coefficient (Wildman–Crippen LogP) is 1.93. The Morgan fingerprint density at radius 2 is 1.85 bits per heavy atom. The zero-order valence-electron chi connectivity index (χ0n) is 15.0. The third-order valence-electron chi connectivity index (χ3n) is 4.75. The van der Waals surface area contributed by atoms with Crippen LogP contribution in [0.3, 0.4) is 0 Å². The molecule has 1 atom stereocenters. The number of fused-ring (bicyclic) bond motifs is 1. The van der Waals surface area contributed by atoms with Crippen LogP contribution < -0.4 is 10.9 Å². The number of ether oxygens (including phenoxy) is 1. The lowest BCUT2D eigenvalue weighted by atomic mass is 9.95. The minimum atomic E-state index is -0.928. The molecule has 2 aromatic rings. The molecule has 1 unspecified atom stereocenters. The Kier molecular flexibility index (Phi) is 5.35. The number of aryl methyl sites for hydroxylation is 1. The van der Waals surface area contributed by atoms with Crippen LogP contribution in [0.5, 0.6) is 0 Å². The second-order valence-corrected chi connectivity index (χ2v) is 6.71. The van der Waals surface area contributed by atoms with Gasteiger partial charge in [0, 0.05) is 18.5 Å². The normalized spacial score (nSPS) is 16.2. The number of hydrogen-bond donors (Lipinski definition) is 1. The number of amides is 1. The third kappa shape index (κ3) is 3.76. The van der Waals surface area contributed by atoms with Crippen LogP contribution in [0, 0.1) is 0 Å². The van der Waals surface area contributed by atoms with E-state index >= 15 is 0 Å². The van der Waals surface area contributed by atoms with Crippen LogP contribution in [0.4, 0.5) is 0 Å². The summed E-state index contributed by atoms with van der Waals surface area (Å²) in [4.78, 5) is 37.0. The minimum Gasteiger partial charge on any atom is -0.448 e. The topological polar surface area (TPSA) is 90.3 Å². The van der Waals surface area contributed by atoms with E-state index in [2.05, 4.69) is 10.4 Å². The molecule has 0 spiro atoms. The van der Waals surface area contributed by atoms with E-state index in [1.54, 1.807) is 31.2 Å². The van der Waals surface area contributed by atoms with Crippen LogP contribution in [0.25, 0.3) is 10.8 Å². The number of rotatable bonds is 4. The van der Waals surface area contributed by atoms with E-state index in [9.17, 15) is 14.4 Å². The van der Waals surface area contributed by atoms with Crippen LogP contribution >= 0.6 is 0 Å². The van der Waals surface area contributed by atoms with Crippen molar-refractivity contribution in [3.05, 3.63) is 40.3 Å². The van der Waals surface area contributed by atoms with E-state index in [1.165, 1.54) is 13.5 Å². The molecular formula is C19H23N3O4. The molecule has 1 aromatic carbocycles. The van der Waals surface area contributed by atoms with Gasteiger partial charge in [-0.2, -0.15) is 5.10 Å². The molecule has 1 amide bonds. The molecule has 0 saturated heterocycles. The average Bonchev–Trinajstić information content (AvgIpc) is 2.65. The Hall–Kier alpha value is -2.70. The third-order valence-corrected chi connectivity index (χ3v) is 4.75. The van der Waals surface area contributed by atoms with Crippen molar-refractivity contribution in [3.8, 4) is 0 Å². The number of nitrogens with one attached hydrogen (secondary N) is 1. The van der Waals surface area contributed by atoms with E-state index in [0.29, 0.717) is 10.8 Å². The lowest BCUT2D eigenvalue weighted by Gasteiger charge is -2.24. The molecule has 3 rings (SSSR count). The van der Waals surface area contributed by atoms with Crippen molar-refractivity contribution in [3.63, 3.8) is 0 Å². The second-order valence-electron chi connectivity index (χ2n) is 6.71. The summed E-state index contributed by atoms with van der Waals surface area (Å²) in [7, 11) is 1.48. The maximum absolute atomic E-state index is 12.5. The molecule has 0 bridgehead atoms. The molecule has 138 valence electrons. The molecule has 0 aliphatic heterocycles. The number of aromatic nitrogens is 2. The monoisotopic (exact) mass is 357 g/mol. The number of esters is 1. The van der Waals surface area contributed by atoms with Crippen LogP contribution in [0.15, 0.2) is 29.1 Å². The zero-order chi connectivity index (χ0) is 18.7. The molecule has 1 aliphatic rings. The largest absolute Gasteiger partial charge is 0.448 e. The highest BCUT2D eigenvalue weighted by molar-refractivity contribution is 6.02. The first kappa shape index (κ1) is 18.1. The van der Waals surface area contributed by atoms with E-state index in [-0.39, 0.29) is 23.2 Å². The van der Waals surface area contributed by atoms with Gasteiger partial charge in [0.1, 0.15) is 0 Å². The fourth-order valence-corrected chi connectivity index (χ4v) is 3.29. The van der Waals surface area contributed by atoms with Gasteiger partial charge in [-0.25, -0.2) is 9.48 Å². The van der Waals surface area contributed by atoms with E-state index in [4.69, 9.17) is 4.74 Å². The Balaban J connectivity index is 1.75. The summed E-state index contributed by atoms with van der Waals surface area (Å²) in [5.41, 5.74) is -0.264. The highest BCUT2D eigenvalue weighted by Crippen LogP contribution is 2.18. The second kappa shape index (κ2) is 7.68. The molecule has 1 N–H and O–H groups in total. The lowest BCUT2D eigenvalue weighted by molar-refractivity contribution is -0.130. The van der Waals surface area contributed by atoms with Gasteiger partial charge in [0.25, 0.3) is 11.5 Å². The van der Waals surface area contributed by atoms with E-state index in [1.807, 2.05) is 0 Å². The van der Waals surface area contributed by atoms with Gasteiger partial charge in [-0.15, -0.1) is 0 Å². The van der Waals surface area contributed by atoms with Crippen molar-refractivity contribution in [1.82, 2.24) is 15.1 Å². The number of benzene rings is 1. The number of carbonyl (C=O) groups excluding carboxylic acids is 2. The summed E-state index contributed by atoms with van der Waals surface area (Å²) in [6, 6.07) is 6.87. The smallest absolute Gasteiger partial charge is 0.360 e. The maximum Gasteiger partial charge on any atom is 0.360 e. The molecule has 7 heteroatoms. The highest BCUT2D eigenvalue weighted by Gasteiger charge is 2.25. The van der Waals surface area contributed by atoms with Gasteiger partial charge in [0.15, 0.2) is 11.8 Å². The minimum absolute atomic E-state index is 0.0278. The van der Waals surface area contributed by atoms with Gasteiger partial charge in [-0.05, 0) is 25.8 Å². The van der Waals surface area contributed by atoms with Gasteiger partial charge in [0.2, 0.25) is 0 Å². The van der Waals surface area contributed by atoms with Gasteiger partial charge >= 0.3 is 5.97 Å². The standard InChI is InChI=1S/C19H23N3O4/c1-12(17(23)20-13-8-4-3-5-9-13)26-19(25)16-14-10-6-7-11-15(14)18(24)22(2)21-16/h6-7,10-13H,3-5,8-9H2,1-2H3,(H,20,23). The molecule has 1 fully saturated rings. The Morgan fingerprint density at radius 1 is 1.19 bits per heavy atom. The first-order valence-electron chi connectivity index (χ1n) is 8.95. The molecule has 7 nitrogen and oxygen atoms in total. The Labute approximate surface area is 151 Å². The van der Waals surface area contributed by atoms with Gasteiger partial charge in [0.05, 0.1) is 5.39 Å². The highest BCUT2D eigenvalue weighted by atomic mass is 16.5. The molecule has 1 saturated carbocycles. The molecule has 1 aromatic heterocycles. The van der Waals surface area contributed by atoms with E-state index in [0.717, 1.165) is 30.4 Å². The number of hydrogen-bond acceptors (Lipinski definition) is 5. The van der Waals surface area contributed by atoms with Crippen molar-refractivity contribution < 1.29 is 14.3 Å². The number of nitrogens with zero attached hydrogens (tertiary/aromatic N) is 2. The molecular weight excluding hydrogens is 334 g/mol. The van der Waals surface area contributed by atoms with Gasteiger partial charge < -0.3 is 10.1 Å². The first-order valence-corrected chi connectivity index (χ1v) is 8.95. The van der Waals surface area contributed by atoms with Crippen LogP contribution in [0.1, 0.15) is 49.5 Å². The fraction of sp³-hybridized carbons (Fsp3) is 0.474.